The molecular weight excluding hydrogens is 160 g/mol. The highest BCUT2D eigenvalue weighted by Crippen LogP contribution is 2.01. The first-order chi connectivity index (χ1) is 5.20. The average Bonchev–Trinajstić information content (AvgIpc) is 1.97. The maximum atomic E-state index is 5.48. The highest BCUT2D eigenvalue weighted by atomic mass is 28.2. The van der Waals surface area contributed by atoms with E-state index in [9.17, 15) is 0 Å². The first kappa shape index (κ1) is 11.1. The predicted octanol–water partition coefficient (Wildman–Crippen LogP) is 0.534. The van der Waals surface area contributed by atoms with Crippen LogP contribution in [0.15, 0.2) is 0 Å². The molecule has 0 amide bonds. The Kier molecular flexibility index (Phi) is 6.85. The molecular formula is C7H18O3Si. The summed E-state index contributed by atoms with van der Waals surface area (Å²) in [5.41, 5.74) is 0.671. The van der Waals surface area contributed by atoms with E-state index in [1.54, 1.807) is 14.2 Å². The average molecular weight is 178 g/mol. The Morgan fingerprint density at radius 2 is 1.91 bits per heavy atom. The summed E-state index contributed by atoms with van der Waals surface area (Å²) in [7, 11) is 2.84. The molecule has 1 unspecified atom stereocenters. The topological polar surface area (TPSA) is 27.7 Å². The van der Waals surface area contributed by atoms with Crippen LogP contribution in [0.4, 0.5) is 0 Å². The van der Waals surface area contributed by atoms with Gasteiger partial charge in [0.2, 0.25) is 0 Å². The van der Waals surface area contributed by atoms with E-state index >= 15 is 0 Å². The van der Waals surface area contributed by atoms with Crippen molar-refractivity contribution in [1.82, 2.24) is 0 Å². The molecule has 0 aromatic heterocycles. The van der Waals surface area contributed by atoms with Crippen LogP contribution in [-0.4, -0.2) is 36.9 Å². The van der Waals surface area contributed by atoms with Gasteiger partial charge in [-0.1, -0.05) is 13.8 Å². The molecule has 0 aliphatic carbocycles. The fourth-order valence-corrected chi connectivity index (χ4v) is 1.45. The summed E-state index contributed by atoms with van der Waals surface area (Å²) < 4.78 is 15.4. The van der Waals surface area contributed by atoms with E-state index in [-0.39, 0.29) is 6.29 Å². The Morgan fingerprint density at radius 1 is 1.27 bits per heavy atom. The zero-order valence-electron chi connectivity index (χ0n) is 7.79. The lowest BCUT2D eigenvalue weighted by Gasteiger charge is -2.16. The molecule has 11 heavy (non-hydrogen) atoms. The van der Waals surface area contributed by atoms with E-state index in [1.807, 2.05) is 0 Å². The summed E-state index contributed by atoms with van der Waals surface area (Å²) in [5, 5.41) is 0. The lowest BCUT2D eigenvalue weighted by molar-refractivity contribution is -0.0933. The SMILES string of the molecule is COCC(OC)O[SiH2]C(C)C. The molecule has 68 valence electrons. The largest absolute Gasteiger partial charge is 0.398 e. The zero-order chi connectivity index (χ0) is 8.69. The molecule has 0 aliphatic rings. The summed E-state index contributed by atoms with van der Waals surface area (Å²) in [6, 6.07) is 0. The van der Waals surface area contributed by atoms with Crippen LogP contribution in [0.5, 0.6) is 0 Å². The Morgan fingerprint density at radius 3 is 2.27 bits per heavy atom. The minimum Gasteiger partial charge on any atom is -0.398 e. The molecule has 0 fully saturated rings. The molecule has 4 heteroatoms. The minimum absolute atomic E-state index is 0.158. The van der Waals surface area contributed by atoms with Crippen LogP contribution in [0, 0.1) is 0 Å². The third-order valence-electron chi connectivity index (χ3n) is 1.18. The molecule has 3 nitrogen and oxygen atoms in total. The van der Waals surface area contributed by atoms with Crippen molar-refractivity contribution < 1.29 is 13.9 Å². The van der Waals surface area contributed by atoms with Crippen molar-refractivity contribution >= 4 is 9.76 Å². The Balaban J connectivity index is 3.35. The Bertz CT molecular complexity index is 87.8. The fourth-order valence-electron chi connectivity index (χ4n) is 0.620. The van der Waals surface area contributed by atoms with Gasteiger partial charge in [0.05, 0.1) is 6.61 Å². The van der Waals surface area contributed by atoms with Crippen molar-refractivity contribution in [3.8, 4) is 0 Å². The number of rotatable bonds is 6. The molecule has 0 aromatic carbocycles. The third-order valence-corrected chi connectivity index (χ3v) is 2.41. The molecule has 0 aliphatic heterocycles. The van der Waals surface area contributed by atoms with Gasteiger partial charge in [-0.15, -0.1) is 0 Å². The van der Waals surface area contributed by atoms with Crippen molar-refractivity contribution in [1.29, 1.82) is 0 Å². The van der Waals surface area contributed by atoms with Gasteiger partial charge >= 0.3 is 0 Å². The van der Waals surface area contributed by atoms with Crippen molar-refractivity contribution in [2.24, 2.45) is 0 Å². The maximum Gasteiger partial charge on any atom is 0.170 e. The van der Waals surface area contributed by atoms with E-state index in [2.05, 4.69) is 13.8 Å². The lowest BCUT2D eigenvalue weighted by Crippen LogP contribution is -2.23. The van der Waals surface area contributed by atoms with Gasteiger partial charge in [-0.05, 0) is 5.54 Å². The summed E-state index contributed by atoms with van der Waals surface area (Å²) in [6.45, 7) is 4.84. The molecule has 0 N–H and O–H groups in total. The van der Waals surface area contributed by atoms with Crippen LogP contribution in [0.2, 0.25) is 5.54 Å². The molecule has 0 aromatic rings. The normalized spacial score (nSPS) is 15.0. The van der Waals surface area contributed by atoms with Crippen LogP contribution in [0.25, 0.3) is 0 Å². The monoisotopic (exact) mass is 178 g/mol. The molecule has 0 saturated carbocycles. The van der Waals surface area contributed by atoms with Crippen LogP contribution in [-0.2, 0) is 13.9 Å². The first-order valence-corrected chi connectivity index (χ1v) is 5.23. The number of hydrogen-bond donors (Lipinski definition) is 0. The number of ether oxygens (including phenoxy) is 2. The summed E-state index contributed by atoms with van der Waals surface area (Å²) in [5.74, 6) is 0. The number of hydrogen-bond acceptors (Lipinski definition) is 3. The van der Waals surface area contributed by atoms with Gasteiger partial charge in [-0.2, -0.15) is 0 Å². The Hall–Kier alpha value is 0.0969. The highest BCUT2D eigenvalue weighted by molar-refractivity contribution is 6.29. The van der Waals surface area contributed by atoms with Crippen molar-refractivity contribution in [2.75, 3.05) is 20.8 Å². The van der Waals surface area contributed by atoms with E-state index in [0.717, 1.165) is 0 Å². The third kappa shape index (κ3) is 6.49. The molecule has 0 bridgehead atoms. The quantitative estimate of drug-likeness (QED) is 0.439. The molecule has 0 heterocycles. The summed E-state index contributed by atoms with van der Waals surface area (Å²) in [6.07, 6.45) is -0.158. The van der Waals surface area contributed by atoms with Gasteiger partial charge in [0.25, 0.3) is 0 Å². The van der Waals surface area contributed by atoms with Gasteiger partial charge in [0.1, 0.15) is 0 Å². The van der Waals surface area contributed by atoms with Crippen LogP contribution < -0.4 is 0 Å². The molecule has 0 spiro atoms. The summed E-state index contributed by atoms with van der Waals surface area (Å²) in [4.78, 5) is 0. The zero-order valence-corrected chi connectivity index (χ0v) is 9.21. The molecule has 0 radical (unpaired) electrons. The van der Waals surface area contributed by atoms with Crippen LogP contribution in [0.3, 0.4) is 0 Å². The van der Waals surface area contributed by atoms with E-state index in [0.29, 0.717) is 12.1 Å². The number of methoxy groups -OCH3 is 2. The first-order valence-electron chi connectivity index (χ1n) is 3.84. The molecule has 0 rings (SSSR count). The van der Waals surface area contributed by atoms with E-state index in [4.69, 9.17) is 13.9 Å². The van der Waals surface area contributed by atoms with Gasteiger partial charge in [-0.3, -0.25) is 0 Å². The smallest absolute Gasteiger partial charge is 0.170 e. The van der Waals surface area contributed by atoms with Crippen LogP contribution >= 0.6 is 0 Å². The second-order valence-electron chi connectivity index (χ2n) is 2.85. The van der Waals surface area contributed by atoms with Gasteiger partial charge in [0.15, 0.2) is 16.1 Å². The second kappa shape index (κ2) is 6.79. The molecule has 1 atom stereocenters. The second-order valence-corrected chi connectivity index (χ2v) is 5.15. The van der Waals surface area contributed by atoms with Crippen molar-refractivity contribution in [3.05, 3.63) is 0 Å². The maximum absolute atomic E-state index is 5.48. The standard InChI is InChI=1S/C7H18O3Si/c1-6(2)11-10-7(9-4)5-8-3/h6-7H,5,11H2,1-4H3. The molecule has 0 saturated heterocycles. The van der Waals surface area contributed by atoms with E-state index in [1.165, 1.54) is 0 Å². The van der Waals surface area contributed by atoms with Gasteiger partial charge in [-0.25, -0.2) is 0 Å². The van der Waals surface area contributed by atoms with Gasteiger partial charge in [0, 0.05) is 14.2 Å². The Labute approximate surface area is 71.0 Å². The van der Waals surface area contributed by atoms with Crippen molar-refractivity contribution in [2.45, 2.75) is 25.7 Å². The summed E-state index contributed by atoms with van der Waals surface area (Å²) >= 11 is 0. The highest BCUT2D eigenvalue weighted by Gasteiger charge is 2.06. The fraction of sp³-hybridized carbons (Fsp3) is 1.00. The lowest BCUT2D eigenvalue weighted by atomic mass is 10.6. The minimum atomic E-state index is -0.438. The van der Waals surface area contributed by atoms with E-state index < -0.39 is 9.76 Å². The predicted molar refractivity (Wildman–Crippen MR) is 47.4 cm³/mol. The van der Waals surface area contributed by atoms with Gasteiger partial charge < -0.3 is 13.9 Å². The van der Waals surface area contributed by atoms with Crippen LogP contribution in [0.1, 0.15) is 13.8 Å². The van der Waals surface area contributed by atoms with Crippen molar-refractivity contribution in [3.63, 3.8) is 0 Å².